The van der Waals surface area contributed by atoms with Crippen molar-refractivity contribution in [1.29, 1.82) is 0 Å². The Hall–Kier alpha value is -0.810. The van der Waals surface area contributed by atoms with Crippen LogP contribution in [0.4, 0.5) is 0 Å². The molecule has 136 valence electrons. The van der Waals surface area contributed by atoms with Gasteiger partial charge < -0.3 is 20.5 Å². The predicted molar refractivity (Wildman–Crippen MR) is 96.8 cm³/mol. The highest BCUT2D eigenvalue weighted by Gasteiger charge is 2.31. The highest BCUT2D eigenvalue weighted by Crippen LogP contribution is 2.41. The van der Waals surface area contributed by atoms with Crippen LogP contribution in [-0.4, -0.2) is 50.0 Å². The smallest absolute Gasteiger partial charge is 0.191 e. The highest BCUT2D eigenvalue weighted by molar-refractivity contribution is 5.79. The third-order valence-electron chi connectivity index (χ3n) is 4.60. The monoisotopic (exact) mass is 327 g/mol. The van der Waals surface area contributed by atoms with Crippen LogP contribution in [0.3, 0.4) is 0 Å². The molecule has 1 atom stereocenters. The van der Waals surface area contributed by atoms with E-state index in [0.717, 1.165) is 19.0 Å². The SMILES string of the molecule is CCNC(=NCC1(CC)CCCC1)NCC(O)COCC(C)C. The van der Waals surface area contributed by atoms with E-state index in [1.807, 2.05) is 0 Å². The van der Waals surface area contributed by atoms with E-state index in [-0.39, 0.29) is 0 Å². The van der Waals surface area contributed by atoms with Crippen molar-refractivity contribution in [2.45, 2.75) is 65.9 Å². The maximum atomic E-state index is 9.99. The van der Waals surface area contributed by atoms with Crippen LogP contribution >= 0.6 is 0 Å². The Morgan fingerprint density at radius 1 is 1.17 bits per heavy atom. The standard InChI is InChI=1S/C18H37N3O2/c1-5-18(9-7-8-10-18)14-21-17(19-6-2)20-11-16(22)13-23-12-15(3)4/h15-16,22H,5-14H2,1-4H3,(H2,19,20,21). The van der Waals surface area contributed by atoms with Gasteiger partial charge in [-0.25, -0.2) is 0 Å². The summed E-state index contributed by atoms with van der Waals surface area (Å²) in [4.78, 5) is 4.76. The molecule has 0 amide bonds. The second-order valence-corrected chi connectivity index (χ2v) is 7.22. The molecule has 3 N–H and O–H groups in total. The summed E-state index contributed by atoms with van der Waals surface area (Å²) in [6.45, 7) is 11.8. The molecule has 0 saturated heterocycles. The van der Waals surface area contributed by atoms with E-state index in [9.17, 15) is 5.11 Å². The molecule has 0 radical (unpaired) electrons. The first-order valence-corrected chi connectivity index (χ1v) is 9.29. The Morgan fingerprint density at radius 3 is 2.43 bits per heavy atom. The first kappa shape index (κ1) is 20.2. The van der Waals surface area contributed by atoms with Crippen LogP contribution in [0.1, 0.15) is 59.8 Å². The summed E-state index contributed by atoms with van der Waals surface area (Å²) < 4.78 is 5.47. The minimum Gasteiger partial charge on any atom is -0.389 e. The number of nitrogens with one attached hydrogen (secondary N) is 2. The molecule has 1 aliphatic carbocycles. The molecule has 1 saturated carbocycles. The normalized spacial score (nSPS) is 19.1. The van der Waals surface area contributed by atoms with Crippen LogP contribution in [0.15, 0.2) is 4.99 Å². The van der Waals surface area contributed by atoms with E-state index < -0.39 is 6.10 Å². The second-order valence-electron chi connectivity index (χ2n) is 7.22. The van der Waals surface area contributed by atoms with Gasteiger partial charge in [0.05, 0.1) is 12.7 Å². The van der Waals surface area contributed by atoms with Crippen LogP contribution in [0.25, 0.3) is 0 Å². The van der Waals surface area contributed by atoms with Crippen molar-refractivity contribution >= 4 is 5.96 Å². The minimum absolute atomic E-state index is 0.365. The first-order valence-electron chi connectivity index (χ1n) is 9.29. The van der Waals surface area contributed by atoms with Crippen LogP contribution in [0.2, 0.25) is 0 Å². The largest absolute Gasteiger partial charge is 0.389 e. The summed E-state index contributed by atoms with van der Waals surface area (Å²) in [7, 11) is 0. The van der Waals surface area contributed by atoms with Crippen LogP contribution in [0, 0.1) is 11.3 Å². The fourth-order valence-corrected chi connectivity index (χ4v) is 3.05. The van der Waals surface area contributed by atoms with Crippen molar-refractivity contribution in [1.82, 2.24) is 10.6 Å². The Bertz CT molecular complexity index is 339. The quantitative estimate of drug-likeness (QED) is 0.426. The molecule has 0 heterocycles. The van der Waals surface area contributed by atoms with Gasteiger partial charge in [0.25, 0.3) is 0 Å². The molecule has 0 aromatic heterocycles. The van der Waals surface area contributed by atoms with E-state index >= 15 is 0 Å². The maximum absolute atomic E-state index is 9.99. The van der Waals surface area contributed by atoms with E-state index in [2.05, 4.69) is 38.3 Å². The molecule has 1 aliphatic rings. The number of rotatable bonds is 10. The Morgan fingerprint density at radius 2 is 1.87 bits per heavy atom. The van der Waals surface area contributed by atoms with Crippen molar-refractivity contribution in [3.05, 3.63) is 0 Å². The zero-order chi connectivity index (χ0) is 17.1. The molecule has 0 aliphatic heterocycles. The number of aliphatic hydroxyl groups excluding tert-OH is 1. The first-order chi connectivity index (χ1) is 11.0. The molecule has 1 rings (SSSR count). The average molecular weight is 328 g/mol. The van der Waals surface area contributed by atoms with Gasteiger partial charge in [-0.3, -0.25) is 4.99 Å². The average Bonchev–Trinajstić information content (AvgIpc) is 2.99. The molecule has 23 heavy (non-hydrogen) atoms. The summed E-state index contributed by atoms with van der Waals surface area (Å²) in [6, 6.07) is 0. The third kappa shape index (κ3) is 8.02. The predicted octanol–water partition coefficient (Wildman–Crippen LogP) is 2.55. The number of aliphatic imine (C=N–C) groups is 1. The lowest BCUT2D eigenvalue weighted by atomic mass is 9.84. The topological polar surface area (TPSA) is 65.9 Å². The minimum atomic E-state index is -0.510. The zero-order valence-corrected chi connectivity index (χ0v) is 15.5. The van der Waals surface area contributed by atoms with Gasteiger partial charge in [-0.05, 0) is 37.5 Å². The van der Waals surface area contributed by atoms with Crippen LogP contribution < -0.4 is 10.6 Å². The Balaban J connectivity index is 2.39. The number of hydrogen-bond acceptors (Lipinski definition) is 3. The molecule has 0 aromatic rings. The Labute approximate surface area is 142 Å². The van der Waals surface area contributed by atoms with Gasteiger partial charge in [-0.2, -0.15) is 0 Å². The molecule has 5 heteroatoms. The van der Waals surface area contributed by atoms with Crippen molar-refractivity contribution < 1.29 is 9.84 Å². The van der Waals surface area contributed by atoms with Crippen molar-refractivity contribution in [2.75, 3.05) is 32.8 Å². The van der Waals surface area contributed by atoms with Gasteiger partial charge in [-0.15, -0.1) is 0 Å². The lowest BCUT2D eigenvalue weighted by Crippen LogP contribution is -2.43. The van der Waals surface area contributed by atoms with Gasteiger partial charge in [-0.1, -0.05) is 33.6 Å². The van der Waals surface area contributed by atoms with Gasteiger partial charge in [0.1, 0.15) is 0 Å². The summed E-state index contributed by atoms with van der Waals surface area (Å²) in [5.41, 5.74) is 0.390. The van der Waals surface area contributed by atoms with Crippen molar-refractivity contribution in [3.8, 4) is 0 Å². The summed E-state index contributed by atoms with van der Waals surface area (Å²) in [5.74, 6) is 1.29. The molecular weight excluding hydrogens is 290 g/mol. The molecular formula is C18H37N3O2. The summed E-state index contributed by atoms with van der Waals surface area (Å²) in [6.07, 6.45) is 5.93. The van der Waals surface area contributed by atoms with E-state index in [0.29, 0.717) is 31.1 Å². The molecule has 0 spiro atoms. The lowest BCUT2D eigenvalue weighted by molar-refractivity contribution is 0.0280. The number of guanidine groups is 1. The molecule has 0 aromatic carbocycles. The zero-order valence-electron chi connectivity index (χ0n) is 15.5. The third-order valence-corrected chi connectivity index (χ3v) is 4.60. The summed E-state index contributed by atoms with van der Waals surface area (Å²) in [5, 5.41) is 16.5. The van der Waals surface area contributed by atoms with Crippen molar-refractivity contribution in [2.24, 2.45) is 16.3 Å². The molecule has 1 fully saturated rings. The number of ether oxygens (including phenoxy) is 1. The van der Waals surface area contributed by atoms with Gasteiger partial charge in [0.15, 0.2) is 5.96 Å². The molecule has 0 bridgehead atoms. The second kappa shape index (κ2) is 10.9. The van der Waals surface area contributed by atoms with Gasteiger partial charge in [0.2, 0.25) is 0 Å². The molecule has 1 unspecified atom stereocenters. The number of hydrogen-bond donors (Lipinski definition) is 3. The van der Waals surface area contributed by atoms with E-state index in [1.165, 1.54) is 32.1 Å². The van der Waals surface area contributed by atoms with Gasteiger partial charge in [0, 0.05) is 26.2 Å². The van der Waals surface area contributed by atoms with Gasteiger partial charge >= 0.3 is 0 Å². The number of nitrogens with zero attached hydrogens (tertiary/aromatic N) is 1. The van der Waals surface area contributed by atoms with Crippen LogP contribution in [-0.2, 0) is 4.74 Å². The lowest BCUT2D eigenvalue weighted by Gasteiger charge is -2.26. The van der Waals surface area contributed by atoms with E-state index in [1.54, 1.807) is 0 Å². The van der Waals surface area contributed by atoms with Crippen molar-refractivity contribution in [3.63, 3.8) is 0 Å². The van der Waals surface area contributed by atoms with E-state index in [4.69, 9.17) is 9.73 Å². The highest BCUT2D eigenvalue weighted by atomic mass is 16.5. The molecule has 5 nitrogen and oxygen atoms in total. The summed E-state index contributed by atoms with van der Waals surface area (Å²) >= 11 is 0. The Kier molecular flexibility index (Phi) is 9.56. The number of aliphatic hydroxyl groups is 1. The van der Waals surface area contributed by atoms with Crippen LogP contribution in [0.5, 0.6) is 0 Å². The maximum Gasteiger partial charge on any atom is 0.191 e. The fraction of sp³-hybridized carbons (Fsp3) is 0.944. The fourth-order valence-electron chi connectivity index (χ4n) is 3.05.